The monoisotopic (exact) mass is 1300 g/mol. The highest BCUT2D eigenvalue weighted by atomic mass is 28.3. The summed E-state index contributed by atoms with van der Waals surface area (Å²) in [7, 11) is -2.64. The summed E-state index contributed by atoms with van der Waals surface area (Å²) in [6.45, 7) is 46.6. The molecule has 0 radical (unpaired) electrons. The average molecular weight is 1300 g/mol. The van der Waals surface area contributed by atoms with Crippen LogP contribution in [-0.2, 0) is 37.9 Å². The summed E-state index contributed by atoms with van der Waals surface area (Å²) in [4.78, 5) is 5.14. The molecule has 1 aliphatic carbocycles. The molecule has 0 fully saturated rings. The minimum atomic E-state index is -2.64. The van der Waals surface area contributed by atoms with Crippen molar-refractivity contribution in [2.75, 3.05) is 9.80 Å². The summed E-state index contributed by atoms with van der Waals surface area (Å²) >= 11 is 0. The highest BCUT2D eigenvalue weighted by molar-refractivity contribution is 7.05. The number of furan rings is 1. The lowest BCUT2D eigenvalue weighted by Gasteiger charge is -2.37. The van der Waals surface area contributed by atoms with Crippen LogP contribution in [0.15, 0.2) is 235 Å². The lowest BCUT2D eigenvalue weighted by molar-refractivity contribution is 0.481. The van der Waals surface area contributed by atoms with Gasteiger partial charge in [0.25, 0.3) is 0 Å². The second kappa shape index (κ2) is 23.2. The third-order valence-corrected chi connectivity index (χ3v) is 24.9. The van der Waals surface area contributed by atoms with Crippen LogP contribution in [0.1, 0.15) is 180 Å². The number of hydrogen-bond donors (Lipinski definition) is 0. The molecule has 98 heavy (non-hydrogen) atoms. The summed E-state index contributed by atoms with van der Waals surface area (Å²) in [5, 5.41) is 4.99. The maximum atomic E-state index is 7.83. The highest BCUT2D eigenvalue weighted by Crippen LogP contribution is 2.64. The fourth-order valence-corrected chi connectivity index (χ4v) is 19.0. The van der Waals surface area contributed by atoms with Gasteiger partial charge in [-0.25, -0.2) is 0 Å². The van der Waals surface area contributed by atoms with Crippen molar-refractivity contribution in [3.05, 3.63) is 286 Å². The van der Waals surface area contributed by atoms with Crippen LogP contribution < -0.4 is 24.9 Å². The molecule has 1 atom stereocenters. The number of ether oxygens (including phenoxy) is 1. The van der Waals surface area contributed by atoms with E-state index in [-0.39, 0.29) is 32.5 Å². The predicted molar refractivity (Wildman–Crippen MR) is 421 cm³/mol. The van der Waals surface area contributed by atoms with Crippen LogP contribution in [0, 0.1) is 0 Å². The van der Waals surface area contributed by atoms with Crippen molar-refractivity contribution >= 4 is 74.5 Å². The summed E-state index contributed by atoms with van der Waals surface area (Å²) < 4.78 is 14.7. The van der Waals surface area contributed by atoms with Crippen molar-refractivity contribution in [1.29, 1.82) is 0 Å². The van der Waals surface area contributed by atoms with Crippen molar-refractivity contribution in [2.24, 2.45) is 0 Å². The molecule has 496 valence electrons. The average Bonchev–Trinajstić information content (AvgIpc) is 1.49. The molecule has 0 spiro atoms. The van der Waals surface area contributed by atoms with Gasteiger partial charge in [0.2, 0.25) is 0 Å². The Balaban J connectivity index is 1.18. The van der Waals surface area contributed by atoms with Crippen molar-refractivity contribution in [3.8, 4) is 33.8 Å². The van der Waals surface area contributed by atoms with Gasteiger partial charge in [0.05, 0.1) is 16.5 Å². The molecule has 0 saturated carbocycles. The van der Waals surface area contributed by atoms with E-state index >= 15 is 0 Å². The zero-order valence-corrected chi connectivity index (χ0v) is 62.7. The Labute approximate surface area is 585 Å². The predicted octanol–water partition coefficient (Wildman–Crippen LogP) is 25.3. The molecule has 4 nitrogen and oxygen atoms in total. The van der Waals surface area contributed by atoms with Gasteiger partial charge >= 0.3 is 0 Å². The largest absolute Gasteiger partial charge is 0.457 e. The Morgan fingerprint density at radius 2 is 0.684 bits per heavy atom. The first-order valence-corrected chi connectivity index (χ1v) is 38.5. The van der Waals surface area contributed by atoms with Gasteiger partial charge in [-0.15, -0.1) is 0 Å². The second-order valence-corrected chi connectivity index (χ2v) is 39.0. The van der Waals surface area contributed by atoms with E-state index in [1.165, 1.54) is 77.3 Å². The molecule has 2 aliphatic rings. The number of benzene rings is 11. The van der Waals surface area contributed by atoms with Crippen molar-refractivity contribution in [2.45, 2.75) is 176 Å². The van der Waals surface area contributed by atoms with Gasteiger partial charge in [-0.2, -0.15) is 0 Å². The lowest BCUT2D eigenvalue weighted by Crippen LogP contribution is -2.50. The number of para-hydroxylation sites is 1. The first-order valence-electron chi connectivity index (χ1n) is 35.5. The normalized spacial score (nSPS) is 15.3. The first kappa shape index (κ1) is 66.1. The summed E-state index contributed by atoms with van der Waals surface area (Å²) in [6, 6.07) is 88.4. The molecule has 5 heteroatoms. The maximum absolute atomic E-state index is 7.83. The van der Waals surface area contributed by atoms with Gasteiger partial charge in [-0.05, 0) is 206 Å². The lowest BCUT2D eigenvalue weighted by atomic mass is 9.66. The first-order chi connectivity index (χ1) is 46.1. The van der Waals surface area contributed by atoms with E-state index < -0.39 is 13.5 Å². The number of anilines is 6. The van der Waals surface area contributed by atoms with Crippen LogP contribution in [0.5, 0.6) is 11.5 Å². The zero-order chi connectivity index (χ0) is 69.6. The number of fused-ring (bicyclic) bond motifs is 11. The fraction of sp³-hybridized carbons (Fsp3) is 0.290. The Morgan fingerprint density at radius 3 is 1.11 bits per heavy atom. The Hall–Kier alpha value is -9.16. The topological polar surface area (TPSA) is 28.9 Å². The van der Waals surface area contributed by atoms with Gasteiger partial charge in [0.15, 0.2) is 0 Å². The maximum Gasteiger partial charge on any atom is 0.145 e. The molecule has 11 aromatic carbocycles. The van der Waals surface area contributed by atoms with Crippen molar-refractivity contribution in [1.82, 2.24) is 0 Å². The van der Waals surface area contributed by atoms with Crippen molar-refractivity contribution in [3.63, 3.8) is 0 Å². The third kappa shape index (κ3) is 11.2. The molecular weight excluding hydrogens is 1210 g/mol. The van der Waals surface area contributed by atoms with Gasteiger partial charge in [-0.1, -0.05) is 277 Å². The molecule has 0 N–H and O–H groups in total. The van der Waals surface area contributed by atoms with Crippen LogP contribution in [0.3, 0.4) is 0 Å². The van der Waals surface area contributed by atoms with Crippen molar-refractivity contribution < 1.29 is 9.15 Å². The molecule has 14 rings (SSSR count). The van der Waals surface area contributed by atoms with Crippen LogP contribution in [0.2, 0.25) is 13.1 Å². The molecular formula is C93H98N2O2Si. The van der Waals surface area contributed by atoms with E-state index in [4.69, 9.17) is 9.15 Å². The van der Waals surface area contributed by atoms with Crippen LogP contribution >= 0.6 is 0 Å². The molecule has 12 aromatic rings. The van der Waals surface area contributed by atoms with Crippen LogP contribution in [0.25, 0.3) is 44.2 Å². The molecule has 0 bridgehead atoms. The Bertz CT molecular complexity index is 4890. The molecule has 1 aromatic heterocycles. The number of nitrogens with zero attached hydrogens (tertiary/aromatic N) is 2. The van der Waals surface area contributed by atoms with E-state index in [9.17, 15) is 0 Å². The molecule has 1 aliphatic heterocycles. The van der Waals surface area contributed by atoms with Gasteiger partial charge < -0.3 is 19.0 Å². The summed E-state index contributed by atoms with van der Waals surface area (Å²) in [6.07, 6.45) is 0. The standard InChI is InChI=1S/C93H98N2O2Si/c1-87(2,3)59-29-31-65(32-30-59)93(66-43-55-72(56-44-66)96-71-53-41-64(42-54-71)92(16,17)18)75-58-78(95(69-49-37-62(38-50-69)90(10,11)12)70-51-39-63(40-52-70)91(13,14)15)86-82(74-26-22-24-28-80(74)98(86,19)20)83(75)84-76(93)57-77(81-73-25-21-23-27-79(73)97-85(81)84)94(67-45-33-60(34-46-67)88(4,5)6)68-47-35-61(36-48-68)89(7,8)9/h21-58H,1-20H3. The van der Waals surface area contributed by atoms with Crippen LogP contribution in [0.4, 0.5) is 34.1 Å². The fourth-order valence-electron chi connectivity index (χ4n) is 15.7. The second-order valence-electron chi connectivity index (χ2n) is 34.7. The summed E-state index contributed by atoms with van der Waals surface area (Å²) in [5.41, 5.74) is 24.3. The quantitative estimate of drug-likeness (QED) is 0.128. The Kier molecular flexibility index (Phi) is 15.7. The zero-order valence-electron chi connectivity index (χ0n) is 61.7. The van der Waals surface area contributed by atoms with E-state index in [1.54, 1.807) is 0 Å². The third-order valence-electron chi connectivity index (χ3n) is 21.4. The molecule has 0 amide bonds. The Morgan fingerprint density at radius 1 is 0.347 bits per heavy atom. The minimum Gasteiger partial charge on any atom is -0.457 e. The van der Waals surface area contributed by atoms with E-state index in [0.717, 1.165) is 78.6 Å². The molecule has 1 unspecified atom stereocenters. The van der Waals surface area contributed by atoms with Gasteiger partial charge in [-0.3, -0.25) is 0 Å². The van der Waals surface area contributed by atoms with Crippen LogP contribution in [-0.4, -0.2) is 8.07 Å². The number of rotatable bonds is 10. The molecule has 2 heterocycles. The van der Waals surface area contributed by atoms with E-state index in [1.807, 2.05) is 0 Å². The number of hydrogen-bond acceptors (Lipinski definition) is 4. The van der Waals surface area contributed by atoms with Gasteiger partial charge in [0, 0.05) is 39.4 Å². The van der Waals surface area contributed by atoms with Gasteiger partial charge in [0.1, 0.15) is 30.7 Å². The smallest absolute Gasteiger partial charge is 0.145 e. The summed E-state index contributed by atoms with van der Waals surface area (Å²) in [5.74, 6) is 1.57. The highest BCUT2D eigenvalue weighted by Gasteiger charge is 2.54. The SMILES string of the molecule is CC(C)(C)c1ccc(Oc2ccc(C3(c4ccc(C(C)(C)C)cc4)c4cc(N(c5ccc(C(C)(C)C)cc5)c5ccc(C(C)(C)C)cc5)c5c(c4-c4c3cc(N(c3ccc(C(C)(C)C)cc3)c3ccc(C(C)(C)C)cc3)c3c4oc4ccccc43)-c3ccccc3[Si]5(C)C)cc2)cc1. The minimum absolute atomic E-state index is 0.0108. The van der Waals surface area contributed by atoms with E-state index in [2.05, 4.69) is 378 Å². The van der Waals surface area contributed by atoms with E-state index in [0.29, 0.717) is 0 Å². The molecule has 0 saturated heterocycles.